The van der Waals surface area contributed by atoms with Gasteiger partial charge in [0.1, 0.15) is 5.75 Å². The van der Waals surface area contributed by atoms with Crippen LogP contribution in [0.15, 0.2) is 24.4 Å². The Labute approximate surface area is 141 Å². The smallest absolute Gasteiger partial charge is 0.255 e. The average Bonchev–Trinajstić information content (AvgIpc) is 2.62. The Morgan fingerprint density at radius 3 is 2.92 bits per heavy atom. The minimum Gasteiger partial charge on any atom is -0.496 e. The second-order valence-corrected chi connectivity index (χ2v) is 5.91. The number of carbonyl (C=O) groups excluding carboxylic acids is 1. The van der Waals surface area contributed by atoms with E-state index in [2.05, 4.69) is 15.2 Å². The van der Waals surface area contributed by atoms with E-state index in [9.17, 15) is 4.79 Å². The summed E-state index contributed by atoms with van der Waals surface area (Å²) in [6.07, 6.45) is 1.76. The van der Waals surface area contributed by atoms with Gasteiger partial charge in [0.15, 0.2) is 0 Å². The highest BCUT2D eigenvalue weighted by Gasteiger charge is 2.16. The lowest BCUT2D eigenvalue weighted by Gasteiger charge is -2.26. The second-order valence-electron chi connectivity index (χ2n) is 5.91. The van der Waals surface area contributed by atoms with Gasteiger partial charge in [-0.05, 0) is 24.6 Å². The van der Waals surface area contributed by atoms with Crippen molar-refractivity contribution in [2.24, 2.45) is 0 Å². The number of ether oxygens (including phenoxy) is 2. The molecule has 3 rings (SSSR count). The fraction of sp³-hybridized carbons (Fsp3) is 0.444. The van der Waals surface area contributed by atoms with Crippen LogP contribution in [0, 0.1) is 6.92 Å². The summed E-state index contributed by atoms with van der Waals surface area (Å²) in [5, 5.41) is 3.95. The molecule has 0 unspecified atom stereocenters. The lowest BCUT2D eigenvalue weighted by Crippen LogP contribution is -2.41. The van der Waals surface area contributed by atoms with Gasteiger partial charge in [0.05, 0.1) is 31.4 Å². The molecule has 0 spiro atoms. The number of pyridine rings is 1. The van der Waals surface area contributed by atoms with Crippen molar-refractivity contribution in [2.75, 3.05) is 46.5 Å². The van der Waals surface area contributed by atoms with Gasteiger partial charge in [-0.25, -0.2) is 0 Å². The van der Waals surface area contributed by atoms with Crippen LogP contribution >= 0.6 is 0 Å². The zero-order chi connectivity index (χ0) is 16.9. The van der Waals surface area contributed by atoms with Crippen LogP contribution in [0.3, 0.4) is 0 Å². The van der Waals surface area contributed by atoms with E-state index < -0.39 is 0 Å². The van der Waals surface area contributed by atoms with Gasteiger partial charge >= 0.3 is 0 Å². The van der Waals surface area contributed by atoms with Gasteiger partial charge in [0.25, 0.3) is 5.91 Å². The number of morpholine rings is 1. The maximum Gasteiger partial charge on any atom is 0.255 e. The first-order valence-corrected chi connectivity index (χ1v) is 8.20. The van der Waals surface area contributed by atoms with E-state index in [0.717, 1.165) is 49.3 Å². The van der Waals surface area contributed by atoms with Crippen molar-refractivity contribution in [3.8, 4) is 5.75 Å². The van der Waals surface area contributed by atoms with Crippen LogP contribution < -0.4 is 10.1 Å². The number of fused-ring (bicyclic) bond motifs is 1. The van der Waals surface area contributed by atoms with E-state index in [4.69, 9.17) is 9.47 Å². The summed E-state index contributed by atoms with van der Waals surface area (Å²) >= 11 is 0. The summed E-state index contributed by atoms with van der Waals surface area (Å²) in [4.78, 5) is 19.2. The number of carbonyl (C=O) groups is 1. The molecule has 1 aromatic carbocycles. The number of methoxy groups -OCH3 is 1. The van der Waals surface area contributed by atoms with Crippen LogP contribution in [0.4, 0.5) is 0 Å². The number of aromatic nitrogens is 1. The van der Waals surface area contributed by atoms with Crippen molar-refractivity contribution in [1.29, 1.82) is 0 Å². The third-order valence-electron chi connectivity index (χ3n) is 4.34. The predicted octanol–water partition coefficient (Wildman–Crippen LogP) is 1.61. The lowest BCUT2D eigenvalue weighted by molar-refractivity contribution is 0.0383. The number of benzene rings is 1. The van der Waals surface area contributed by atoms with Gasteiger partial charge in [-0.3, -0.25) is 14.7 Å². The van der Waals surface area contributed by atoms with Crippen molar-refractivity contribution in [2.45, 2.75) is 6.92 Å². The summed E-state index contributed by atoms with van der Waals surface area (Å²) in [5.74, 6) is 0.426. The molecule has 0 radical (unpaired) electrons. The highest BCUT2D eigenvalue weighted by Crippen LogP contribution is 2.26. The quantitative estimate of drug-likeness (QED) is 0.903. The first kappa shape index (κ1) is 16.7. The largest absolute Gasteiger partial charge is 0.496 e. The Morgan fingerprint density at radius 2 is 2.17 bits per heavy atom. The number of nitrogens with zero attached hydrogens (tertiary/aromatic N) is 2. The summed E-state index contributed by atoms with van der Waals surface area (Å²) < 4.78 is 10.7. The monoisotopic (exact) mass is 329 g/mol. The molecule has 0 bridgehead atoms. The lowest BCUT2D eigenvalue weighted by atomic mass is 10.1. The molecule has 6 heteroatoms. The number of nitrogens with one attached hydrogen (secondary N) is 1. The molecule has 2 heterocycles. The Balaban J connectivity index is 1.72. The summed E-state index contributed by atoms with van der Waals surface area (Å²) in [6.45, 7) is 6.80. The number of amides is 1. The number of hydrogen-bond donors (Lipinski definition) is 1. The molecule has 1 amide bonds. The molecule has 1 aromatic heterocycles. The standard InChI is InChI=1S/C18H23N3O3/c1-13-3-4-19-16-12-17(23-2)15(11-14(13)16)18(22)20-5-6-21-7-9-24-10-8-21/h3-4,11-12H,5-10H2,1-2H3,(H,20,22). The summed E-state index contributed by atoms with van der Waals surface area (Å²) in [5.41, 5.74) is 2.46. The fourth-order valence-electron chi connectivity index (χ4n) is 2.90. The molecule has 1 saturated heterocycles. The molecule has 24 heavy (non-hydrogen) atoms. The van der Waals surface area contributed by atoms with Crippen LogP contribution in [-0.2, 0) is 4.74 Å². The minimum absolute atomic E-state index is 0.120. The molecule has 128 valence electrons. The number of aryl methyl sites for hydroxylation is 1. The third kappa shape index (κ3) is 3.66. The van der Waals surface area contributed by atoms with E-state index in [1.807, 2.05) is 25.1 Å². The van der Waals surface area contributed by atoms with Gasteiger partial charge in [-0.1, -0.05) is 0 Å². The Morgan fingerprint density at radius 1 is 1.38 bits per heavy atom. The average molecular weight is 329 g/mol. The Kier molecular flexibility index (Phi) is 5.27. The van der Waals surface area contributed by atoms with Gasteiger partial charge in [-0.15, -0.1) is 0 Å². The van der Waals surface area contributed by atoms with Crippen molar-refractivity contribution in [3.05, 3.63) is 35.5 Å². The van der Waals surface area contributed by atoms with Gasteiger partial charge in [0.2, 0.25) is 0 Å². The van der Waals surface area contributed by atoms with Crippen LogP contribution in [0.5, 0.6) is 5.75 Å². The van der Waals surface area contributed by atoms with Gasteiger partial charge in [0, 0.05) is 43.8 Å². The van der Waals surface area contributed by atoms with Crippen molar-refractivity contribution >= 4 is 16.8 Å². The molecular formula is C18H23N3O3. The minimum atomic E-state index is -0.120. The Bertz CT molecular complexity index is 727. The molecule has 0 saturated carbocycles. The van der Waals surface area contributed by atoms with E-state index in [-0.39, 0.29) is 5.91 Å². The summed E-state index contributed by atoms with van der Waals surface area (Å²) in [7, 11) is 1.57. The van der Waals surface area contributed by atoms with Crippen LogP contribution in [-0.4, -0.2) is 62.3 Å². The number of rotatable bonds is 5. The summed E-state index contributed by atoms with van der Waals surface area (Å²) in [6, 6.07) is 5.62. The number of hydrogen-bond acceptors (Lipinski definition) is 5. The first-order chi connectivity index (χ1) is 11.7. The highest BCUT2D eigenvalue weighted by atomic mass is 16.5. The fourth-order valence-corrected chi connectivity index (χ4v) is 2.90. The molecule has 1 aliphatic heterocycles. The second kappa shape index (κ2) is 7.59. The molecular weight excluding hydrogens is 306 g/mol. The molecule has 6 nitrogen and oxygen atoms in total. The van der Waals surface area contributed by atoms with Crippen LogP contribution in [0.1, 0.15) is 15.9 Å². The van der Waals surface area contributed by atoms with Crippen LogP contribution in [0.25, 0.3) is 10.9 Å². The normalized spacial score (nSPS) is 15.4. The van der Waals surface area contributed by atoms with Crippen LogP contribution in [0.2, 0.25) is 0 Å². The Hall–Kier alpha value is -2.18. The van der Waals surface area contributed by atoms with Gasteiger partial charge in [-0.2, -0.15) is 0 Å². The van der Waals surface area contributed by atoms with E-state index in [1.165, 1.54) is 0 Å². The topological polar surface area (TPSA) is 63.7 Å². The molecule has 1 fully saturated rings. The van der Waals surface area contributed by atoms with E-state index >= 15 is 0 Å². The van der Waals surface area contributed by atoms with Gasteiger partial charge < -0.3 is 14.8 Å². The molecule has 2 aromatic rings. The zero-order valence-corrected chi connectivity index (χ0v) is 14.2. The van der Waals surface area contributed by atoms with Crippen molar-refractivity contribution in [1.82, 2.24) is 15.2 Å². The maximum atomic E-state index is 12.6. The first-order valence-electron chi connectivity index (χ1n) is 8.20. The third-order valence-corrected chi connectivity index (χ3v) is 4.34. The van der Waals surface area contributed by atoms with Crippen molar-refractivity contribution < 1.29 is 14.3 Å². The molecule has 0 atom stereocenters. The maximum absolute atomic E-state index is 12.6. The zero-order valence-electron chi connectivity index (χ0n) is 14.2. The molecule has 1 aliphatic rings. The SMILES string of the molecule is COc1cc2nccc(C)c2cc1C(=O)NCCN1CCOCC1. The van der Waals surface area contributed by atoms with Crippen molar-refractivity contribution in [3.63, 3.8) is 0 Å². The molecule has 1 N–H and O–H groups in total. The van der Waals surface area contributed by atoms with E-state index in [1.54, 1.807) is 13.3 Å². The molecule has 0 aliphatic carbocycles. The predicted molar refractivity (Wildman–Crippen MR) is 92.6 cm³/mol. The highest BCUT2D eigenvalue weighted by molar-refractivity contribution is 6.01. The van der Waals surface area contributed by atoms with E-state index in [0.29, 0.717) is 17.9 Å².